The predicted molar refractivity (Wildman–Crippen MR) is 150 cm³/mol. The molecule has 0 saturated carbocycles. The predicted octanol–water partition coefficient (Wildman–Crippen LogP) is 6.84. The fraction of sp³-hybridized carbons (Fsp3) is 1.00. The van der Waals surface area contributed by atoms with Gasteiger partial charge in [-0.1, -0.05) is 92.4 Å². The first-order valence-corrected chi connectivity index (χ1v) is 15.2. The first-order valence-electron chi connectivity index (χ1n) is 15.2. The van der Waals surface area contributed by atoms with Crippen molar-refractivity contribution in [1.82, 2.24) is 4.90 Å². The van der Waals surface area contributed by atoms with Crippen LogP contribution in [0.1, 0.15) is 125 Å². The Balaban J connectivity index is 4.28. The van der Waals surface area contributed by atoms with Gasteiger partial charge >= 0.3 is 0 Å². The molecule has 5 nitrogen and oxygen atoms in total. The van der Waals surface area contributed by atoms with Gasteiger partial charge in [0.1, 0.15) is 0 Å². The highest BCUT2D eigenvalue weighted by Gasteiger charge is 2.16. The van der Waals surface area contributed by atoms with Crippen LogP contribution in [0.25, 0.3) is 0 Å². The van der Waals surface area contributed by atoms with E-state index >= 15 is 0 Å². The third-order valence-corrected chi connectivity index (χ3v) is 7.25. The first kappa shape index (κ1) is 34.8. The molecule has 0 aliphatic carbocycles. The van der Waals surface area contributed by atoms with Crippen molar-refractivity contribution in [2.24, 2.45) is 11.8 Å². The summed E-state index contributed by atoms with van der Waals surface area (Å²) < 4.78 is 11.5. The van der Waals surface area contributed by atoms with E-state index in [0.717, 1.165) is 37.6 Å². The first-order chi connectivity index (χ1) is 16.9. The molecule has 0 aliphatic heterocycles. The van der Waals surface area contributed by atoms with Crippen molar-refractivity contribution in [1.29, 1.82) is 0 Å². The van der Waals surface area contributed by atoms with Gasteiger partial charge in [0.05, 0.1) is 25.4 Å². The number of hydrogen-bond donors (Lipinski definition) is 2. The van der Waals surface area contributed by atoms with E-state index < -0.39 is 12.2 Å². The van der Waals surface area contributed by atoms with Crippen molar-refractivity contribution in [3.63, 3.8) is 0 Å². The van der Waals surface area contributed by atoms with Crippen molar-refractivity contribution < 1.29 is 19.7 Å². The molecular weight excluding hydrogens is 438 g/mol. The zero-order valence-electron chi connectivity index (χ0n) is 24.3. The Kier molecular flexibility index (Phi) is 25.3. The molecule has 0 aromatic carbocycles. The summed E-state index contributed by atoms with van der Waals surface area (Å²) in [6.07, 6.45) is 16.1. The number of nitrogens with zero attached hydrogens (tertiary/aromatic N) is 1. The zero-order valence-corrected chi connectivity index (χ0v) is 24.3. The molecule has 0 saturated heterocycles. The van der Waals surface area contributed by atoms with Gasteiger partial charge in [-0.2, -0.15) is 0 Å². The lowest BCUT2D eigenvalue weighted by atomic mass is 10.0. The standard InChI is InChI=1S/C30H63NO4/c1-6-9-10-11-12-13-14-15-20-31(23-29(32)25-34-21-16-18-27(4)7-2)24-30(33)26-35-22-17-19-28(5)8-3/h27-30,32-33H,6-26H2,1-5H3. The second-order valence-electron chi connectivity index (χ2n) is 11.0. The summed E-state index contributed by atoms with van der Waals surface area (Å²) in [4.78, 5) is 2.21. The Morgan fingerprint density at radius 1 is 0.600 bits per heavy atom. The normalized spacial score (nSPS) is 15.4. The topological polar surface area (TPSA) is 62.2 Å². The SMILES string of the molecule is CCCCCCCCCCN(CC(O)COCCCC(C)CC)CC(O)COCCCC(C)CC. The Morgan fingerprint density at radius 3 is 1.46 bits per heavy atom. The number of aliphatic hydroxyl groups excluding tert-OH is 2. The summed E-state index contributed by atoms with van der Waals surface area (Å²) in [6.45, 7) is 15.4. The number of rotatable bonds is 27. The lowest BCUT2D eigenvalue weighted by molar-refractivity contribution is -0.0117. The van der Waals surface area contributed by atoms with Crippen LogP contribution < -0.4 is 0 Å². The molecule has 212 valence electrons. The van der Waals surface area contributed by atoms with Gasteiger partial charge in [0.2, 0.25) is 0 Å². The maximum absolute atomic E-state index is 10.6. The van der Waals surface area contributed by atoms with E-state index in [1.165, 1.54) is 70.6 Å². The van der Waals surface area contributed by atoms with Crippen LogP contribution in [0.4, 0.5) is 0 Å². The van der Waals surface area contributed by atoms with Gasteiger partial charge in [0.15, 0.2) is 0 Å². The largest absolute Gasteiger partial charge is 0.389 e. The minimum absolute atomic E-state index is 0.372. The Bertz CT molecular complexity index is 395. The quantitative estimate of drug-likeness (QED) is 0.121. The van der Waals surface area contributed by atoms with Gasteiger partial charge in [-0.15, -0.1) is 0 Å². The lowest BCUT2D eigenvalue weighted by Gasteiger charge is -2.27. The van der Waals surface area contributed by atoms with Crippen molar-refractivity contribution in [3.05, 3.63) is 0 Å². The van der Waals surface area contributed by atoms with Crippen LogP contribution in [-0.2, 0) is 9.47 Å². The third-order valence-electron chi connectivity index (χ3n) is 7.25. The van der Waals surface area contributed by atoms with E-state index in [1.807, 2.05) is 0 Å². The summed E-state index contributed by atoms with van der Waals surface area (Å²) in [6, 6.07) is 0. The van der Waals surface area contributed by atoms with Gasteiger partial charge in [-0.25, -0.2) is 0 Å². The summed E-state index contributed by atoms with van der Waals surface area (Å²) in [7, 11) is 0. The minimum Gasteiger partial charge on any atom is -0.389 e. The molecule has 0 heterocycles. The zero-order chi connectivity index (χ0) is 26.2. The highest BCUT2D eigenvalue weighted by molar-refractivity contribution is 4.69. The van der Waals surface area contributed by atoms with Gasteiger partial charge < -0.3 is 19.7 Å². The Labute approximate surface area is 219 Å². The van der Waals surface area contributed by atoms with Crippen LogP contribution in [0.3, 0.4) is 0 Å². The van der Waals surface area contributed by atoms with Crippen LogP contribution in [0, 0.1) is 11.8 Å². The smallest absolute Gasteiger partial charge is 0.0900 e. The molecule has 0 rings (SSSR count). The van der Waals surface area contributed by atoms with Gasteiger partial charge in [-0.05, 0) is 50.5 Å². The maximum atomic E-state index is 10.6. The molecule has 4 unspecified atom stereocenters. The number of ether oxygens (including phenoxy) is 2. The van der Waals surface area contributed by atoms with E-state index in [1.54, 1.807) is 0 Å². The molecule has 5 heteroatoms. The molecule has 0 radical (unpaired) electrons. The van der Waals surface area contributed by atoms with Gasteiger partial charge in [0, 0.05) is 26.3 Å². The molecule has 0 aromatic rings. The third kappa shape index (κ3) is 23.9. The van der Waals surface area contributed by atoms with E-state index in [4.69, 9.17) is 9.47 Å². The van der Waals surface area contributed by atoms with Crippen molar-refractivity contribution in [2.45, 2.75) is 137 Å². The highest BCUT2D eigenvalue weighted by Crippen LogP contribution is 2.12. The monoisotopic (exact) mass is 501 g/mol. The number of unbranched alkanes of at least 4 members (excludes halogenated alkanes) is 7. The number of aliphatic hydroxyl groups is 2. The Hall–Kier alpha value is -0.200. The average Bonchev–Trinajstić information content (AvgIpc) is 2.84. The molecule has 0 aromatic heterocycles. The van der Waals surface area contributed by atoms with Gasteiger partial charge in [0.25, 0.3) is 0 Å². The van der Waals surface area contributed by atoms with Crippen LogP contribution in [0.2, 0.25) is 0 Å². The average molecular weight is 502 g/mol. The second-order valence-corrected chi connectivity index (χ2v) is 11.0. The fourth-order valence-electron chi connectivity index (χ4n) is 4.34. The fourth-order valence-corrected chi connectivity index (χ4v) is 4.34. The molecule has 2 N–H and O–H groups in total. The minimum atomic E-state index is -0.517. The molecule has 0 spiro atoms. The number of hydrogen-bond acceptors (Lipinski definition) is 5. The van der Waals surface area contributed by atoms with Crippen LogP contribution in [0.5, 0.6) is 0 Å². The summed E-state index contributed by atoms with van der Waals surface area (Å²) in [5, 5.41) is 21.1. The second kappa shape index (κ2) is 25.4. The summed E-state index contributed by atoms with van der Waals surface area (Å²) in [5.41, 5.74) is 0. The molecule has 0 bridgehead atoms. The summed E-state index contributed by atoms with van der Waals surface area (Å²) >= 11 is 0. The van der Waals surface area contributed by atoms with Gasteiger partial charge in [-0.3, -0.25) is 4.90 Å². The van der Waals surface area contributed by atoms with Crippen molar-refractivity contribution in [2.75, 3.05) is 46.1 Å². The maximum Gasteiger partial charge on any atom is 0.0900 e. The molecule has 0 aliphatic rings. The van der Waals surface area contributed by atoms with Crippen molar-refractivity contribution in [3.8, 4) is 0 Å². The van der Waals surface area contributed by atoms with Crippen molar-refractivity contribution >= 4 is 0 Å². The van der Waals surface area contributed by atoms with Crippen LogP contribution in [-0.4, -0.2) is 73.4 Å². The van der Waals surface area contributed by atoms with Crippen LogP contribution in [0.15, 0.2) is 0 Å². The molecular formula is C30H63NO4. The summed E-state index contributed by atoms with van der Waals surface area (Å²) in [5.74, 6) is 1.48. The highest BCUT2D eigenvalue weighted by atomic mass is 16.5. The molecule has 35 heavy (non-hydrogen) atoms. The van der Waals surface area contributed by atoms with E-state index in [-0.39, 0.29) is 0 Å². The lowest BCUT2D eigenvalue weighted by Crippen LogP contribution is -2.41. The van der Waals surface area contributed by atoms with E-state index in [9.17, 15) is 10.2 Å². The molecule has 0 fully saturated rings. The molecule has 0 amide bonds. The molecule has 4 atom stereocenters. The van der Waals surface area contributed by atoms with Crippen LogP contribution >= 0.6 is 0 Å². The Morgan fingerprint density at radius 2 is 1.03 bits per heavy atom. The van der Waals surface area contributed by atoms with E-state index in [2.05, 4.69) is 39.5 Å². The van der Waals surface area contributed by atoms with E-state index in [0.29, 0.717) is 39.5 Å².